The van der Waals surface area contributed by atoms with Crippen molar-refractivity contribution in [2.45, 2.75) is 19.4 Å². The second kappa shape index (κ2) is 9.35. The highest BCUT2D eigenvalue weighted by Crippen LogP contribution is 2.39. The van der Waals surface area contributed by atoms with Crippen LogP contribution in [-0.4, -0.2) is 29.9 Å². The van der Waals surface area contributed by atoms with Gasteiger partial charge in [-0.3, -0.25) is 0 Å². The minimum Gasteiger partial charge on any atom is -0.493 e. The molecule has 0 N–H and O–H groups in total. The van der Waals surface area contributed by atoms with Crippen molar-refractivity contribution in [2.75, 3.05) is 24.8 Å². The molecule has 172 valence electrons. The predicted molar refractivity (Wildman–Crippen MR) is 134 cm³/mol. The van der Waals surface area contributed by atoms with E-state index in [0.717, 1.165) is 50.5 Å². The molecule has 0 amide bonds. The van der Waals surface area contributed by atoms with E-state index in [4.69, 9.17) is 19.2 Å². The first kappa shape index (κ1) is 21.0. The van der Waals surface area contributed by atoms with Crippen molar-refractivity contribution >= 4 is 27.4 Å². The SMILES string of the molecule is C1=C(CN(Cc2ccccc2)c2ncnc3cc(-c4cccc(OCC5CC5)c4)sc23)OCO1. The van der Waals surface area contributed by atoms with Gasteiger partial charge < -0.3 is 19.1 Å². The second-order valence-electron chi connectivity index (χ2n) is 8.66. The summed E-state index contributed by atoms with van der Waals surface area (Å²) in [5.41, 5.74) is 3.27. The summed E-state index contributed by atoms with van der Waals surface area (Å²) in [6, 6.07) is 20.9. The molecule has 1 fully saturated rings. The van der Waals surface area contributed by atoms with Crippen LogP contribution in [0.3, 0.4) is 0 Å². The van der Waals surface area contributed by atoms with Crippen molar-refractivity contribution < 1.29 is 14.2 Å². The molecule has 0 spiro atoms. The maximum absolute atomic E-state index is 6.01. The van der Waals surface area contributed by atoms with Crippen molar-refractivity contribution in [3.05, 3.63) is 84.6 Å². The molecule has 34 heavy (non-hydrogen) atoms. The monoisotopic (exact) mass is 471 g/mol. The summed E-state index contributed by atoms with van der Waals surface area (Å²) in [4.78, 5) is 12.6. The highest BCUT2D eigenvalue weighted by Gasteiger charge is 2.22. The van der Waals surface area contributed by atoms with E-state index in [-0.39, 0.29) is 6.79 Å². The average Bonchev–Trinajstić information content (AvgIpc) is 3.36. The number of rotatable bonds is 9. The summed E-state index contributed by atoms with van der Waals surface area (Å²) in [6.07, 6.45) is 5.89. The van der Waals surface area contributed by atoms with Crippen molar-refractivity contribution in [1.82, 2.24) is 9.97 Å². The first-order valence-corrected chi connectivity index (χ1v) is 12.3. The number of hydrogen-bond acceptors (Lipinski definition) is 7. The number of ether oxygens (including phenoxy) is 3. The second-order valence-corrected chi connectivity index (χ2v) is 9.71. The molecule has 0 unspecified atom stereocenters. The van der Waals surface area contributed by atoms with Crippen molar-refractivity contribution in [2.24, 2.45) is 5.92 Å². The minimum absolute atomic E-state index is 0.260. The van der Waals surface area contributed by atoms with E-state index in [9.17, 15) is 0 Å². The quantitative estimate of drug-likeness (QED) is 0.298. The summed E-state index contributed by atoms with van der Waals surface area (Å²) in [5, 5.41) is 0. The van der Waals surface area contributed by atoms with Crippen LogP contribution >= 0.6 is 11.3 Å². The molecule has 2 aromatic carbocycles. The van der Waals surface area contributed by atoms with Gasteiger partial charge >= 0.3 is 0 Å². The zero-order valence-corrected chi connectivity index (χ0v) is 19.5. The fraction of sp³-hybridized carbons (Fsp3) is 0.259. The zero-order valence-electron chi connectivity index (χ0n) is 18.7. The lowest BCUT2D eigenvalue weighted by Gasteiger charge is -2.24. The van der Waals surface area contributed by atoms with Gasteiger partial charge in [0.15, 0.2) is 11.6 Å². The number of benzene rings is 2. The highest BCUT2D eigenvalue weighted by atomic mass is 32.1. The molecule has 6 rings (SSSR count). The Morgan fingerprint density at radius 1 is 1.00 bits per heavy atom. The Kier molecular flexibility index (Phi) is 5.77. The fourth-order valence-corrected chi connectivity index (χ4v) is 5.12. The average molecular weight is 472 g/mol. The van der Waals surface area contributed by atoms with Crippen LogP contribution in [0.1, 0.15) is 18.4 Å². The molecule has 3 heterocycles. The van der Waals surface area contributed by atoms with Gasteiger partial charge in [0.1, 0.15) is 18.3 Å². The summed E-state index contributed by atoms with van der Waals surface area (Å²) < 4.78 is 18.0. The van der Waals surface area contributed by atoms with Gasteiger partial charge in [0.05, 0.1) is 23.4 Å². The number of nitrogens with zero attached hydrogens (tertiary/aromatic N) is 3. The Morgan fingerprint density at radius 2 is 1.91 bits per heavy atom. The Hall–Kier alpha value is -3.58. The molecule has 0 atom stereocenters. The van der Waals surface area contributed by atoms with Crippen LogP contribution in [0.4, 0.5) is 5.82 Å². The van der Waals surface area contributed by atoms with Crippen LogP contribution in [0.5, 0.6) is 5.75 Å². The molecule has 2 aliphatic rings. The van der Waals surface area contributed by atoms with Gasteiger partial charge in [-0.05, 0) is 48.1 Å². The molecule has 1 aliphatic carbocycles. The maximum Gasteiger partial charge on any atom is 0.229 e. The largest absolute Gasteiger partial charge is 0.493 e. The smallest absolute Gasteiger partial charge is 0.229 e. The lowest BCUT2D eigenvalue weighted by molar-refractivity contribution is 0.0797. The Labute approximate surface area is 202 Å². The topological polar surface area (TPSA) is 56.7 Å². The number of aromatic nitrogens is 2. The normalized spacial score (nSPS) is 15.0. The van der Waals surface area contributed by atoms with Crippen LogP contribution in [0.25, 0.3) is 20.7 Å². The lowest BCUT2D eigenvalue weighted by atomic mass is 10.2. The van der Waals surface area contributed by atoms with Gasteiger partial charge in [-0.1, -0.05) is 42.5 Å². The Balaban J connectivity index is 1.33. The summed E-state index contributed by atoms with van der Waals surface area (Å²) in [7, 11) is 0. The molecule has 1 aliphatic heterocycles. The van der Waals surface area contributed by atoms with Gasteiger partial charge in [-0.15, -0.1) is 11.3 Å². The van der Waals surface area contributed by atoms with Crippen LogP contribution in [0, 0.1) is 5.92 Å². The molecular formula is C27H25N3O3S. The minimum atomic E-state index is 0.260. The molecule has 6 nitrogen and oxygen atoms in total. The molecule has 4 aromatic rings. The Bertz CT molecular complexity index is 1320. The summed E-state index contributed by atoms with van der Waals surface area (Å²) in [5.74, 6) is 3.33. The van der Waals surface area contributed by atoms with Crippen LogP contribution in [-0.2, 0) is 16.0 Å². The first-order chi connectivity index (χ1) is 16.8. The number of hydrogen-bond donors (Lipinski definition) is 0. The van der Waals surface area contributed by atoms with E-state index >= 15 is 0 Å². The van der Waals surface area contributed by atoms with Crippen LogP contribution < -0.4 is 9.64 Å². The molecule has 7 heteroatoms. The molecule has 0 bridgehead atoms. The van der Waals surface area contributed by atoms with Crippen molar-refractivity contribution in [3.8, 4) is 16.2 Å². The van der Waals surface area contributed by atoms with E-state index < -0.39 is 0 Å². The highest BCUT2D eigenvalue weighted by molar-refractivity contribution is 7.22. The van der Waals surface area contributed by atoms with Crippen LogP contribution in [0.15, 0.2) is 79.0 Å². The van der Waals surface area contributed by atoms with E-state index in [2.05, 4.69) is 58.4 Å². The van der Waals surface area contributed by atoms with Gasteiger partial charge in [-0.25, -0.2) is 9.97 Å². The third kappa shape index (κ3) is 4.70. The fourth-order valence-electron chi connectivity index (χ4n) is 4.00. The van der Waals surface area contributed by atoms with E-state index in [1.165, 1.54) is 18.4 Å². The summed E-state index contributed by atoms with van der Waals surface area (Å²) >= 11 is 1.71. The first-order valence-electron chi connectivity index (χ1n) is 11.5. The van der Waals surface area contributed by atoms with E-state index in [0.29, 0.717) is 13.1 Å². The number of thiophene rings is 1. The third-order valence-corrected chi connectivity index (χ3v) is 7.15. The van der Waals surface area contributed by atoms with Gasteiger partial charge in [0, 0.05) is 11.4 Å². The van der Waals surface area contributed by atoms with E-state index in [1.807, 2.05) is 12.1 Å². The predicted octanol–water partition coefficient (Wildman–Crippen LogP) is 6.00. The molecule has 0 saturated heterocycles. The molecule has 1 saturated carbocycles. The van der Waals surface area contributed by atoms with E-state index in [1.54, 1.807) is 23.9 Å². The molecule has 0 radical (unpaired) electrons. The zero-order chi connectivity index (χ0) is 22.7. The van der Waals surface area contributed by atoms with Crippen LogP contribution in [0.2, 0.25) is 0 Å². The van der Waals surface area contributed by atoms with Gasteiger partial charge in [0.25, 0.3) is 0 Å². The Morgan fingerprint density at radius 3 is 2.74 bits per heavy atom. The maximum atomic E-state index is 6.01. The number of fused-ring (bicyclic) bond motifs is 1. The molecule has 2 aromatic heterocycles. The van der Waals surface area contributed by atoms with Crippen molar-refractivity contribution in [3.63, 3.8) is 0 Å². The van der Waals surface area contributed by atoms with Crippen molar-refractivity contribution in [1.29, 1.82) is 0 Å². The lowest BCUT2D eigenvalue weighted by Crippen LogP contribution is -2.26. The summed E-state index contributed by atoms with van der Waals surface area (Å²) in [6.45, 7) is 2.34. The number of anilines is 1. The van der Waals surface area contributed by atoms with Gasteiger partial charge in [-0.2, -0.15) is 0 Å². The van der Waals surface area contributed by atoms with Gasteiger partial charge in [0.2, 0.25) is 6.79 Å². The third-order valence-electron chi connectivity index (χ3n) is 5.98. The standard InChI is InChI=1S/C27H25N3O3S/c1-2-5-19(6-3-1)13-30(14-23-16-31-18-33-23)27-26-24(28-17-29-27)12-25(34-26)21-7-4-8-22(11-21)32-15-20-9-10-20/h1-8,11-12,16-17,20H,9-10,13-15,18H2. The molecular weight excluding hydrogens is 446 g/mol.